The van der Waals surface area contributed by atoms with Crippen LogP contribution >= 0.6 is 11.3 Å². The number of aliphatic imine (C=N–C) groups is 1. The number of nitrogens with zero attached hydrogens (tertiary/aromatic N) is 4. The van der Waals surface area contributed by atoms with Crippen molar-refractivity contribution in [2.45, 2.75) is 45.5 Å². The summed E-state index contributed by atoms with van der Waals surface area (Å²) in [5, 5.41) is 6.38. The van der Waals surface area contributed by atoms with Crippen molar-refractivity contribution in [3.05, 3.63) is 51.5 Å². The van der Waals surface area contributed by atoms with Gasteiger partial charge in [-0.2, -0.15) is 0 Å². The molecular weight excluding hydrogens is 398 g/mol. The van der Waals surface area contributed by atoms with Crippen LogP contribution < -0.4 is 5.32 Å². The van der Waals surface area contributed by atoms with Gasteiger partial charge in [-0.25, -0.2) is 4.98 Å². The summed E-state index contributed by atoms with van der Waals surface area (Å²) in [6.07, 6.45) is 1.31. The van der Waals surface area contributed by atoms with Crippen LogP contribution in [0.4, 0.5) is 0 Å². The van der Waals surface area contributed by atoms with E-state index in [1.165, 1.54) is 11.1 Å². The lowest BCUT2D eigenvalue weighted by Gasteiger charge is -2.21. The molecule has 1 atom stereocenters. The predicted molar refractivity (Wildman–Crippen MR) is 120 cm³/mol. The Hall–Kier alpha value is -2.45. The molecule has 1 N–H and O–H groups in total. The van der Waals surface area contributed by atoms with E-state index < -0.39 is 0 Å². The standard InChI is InChI=1S/C22H31N5O2S/c1-16(29-4)21-25-19(15-30-21)14-26(3)22(23-2)24-11-7-10-20(28)27-12-17-8-5-6-9-18(17)13-27/h5-6,8-9,15-16H,7,10-14H2,1-4H3,(H,23,24). The second-order valence-electron chi connectivity index (χ2n) is 7.51. The molecule has 1 aromatic heterocycles. The van der Waals surface area contributed by atoms with Crippen LogP contribution in [0.1, 0.15) is 47.7 Å². The molecule has 0 saturated heterocycles. The van der Waals surface area contributed by atoms with Gasteiger partial charge in [0.2, 0.25) is 5.91 Å². The SMILES string of the molecule is CN=C(NCCCC(=O)N1Cc2ccccc2C1)N(C)Cc1csc(C(C)OC)n1. The quantitative estimate of drug-likeness (QED) is 0.396. The smallest absolute Gasteiger partial charge is 0.223 e. The summed E-state index contributed by atoms with van der Waals surface area (Å²) in [5.41, 5.74) is 3.51. The summed E-state index contributed by atoms with van der Waals surface area (Å²) in [5.74, 6) is 1.00. The molecule has 2 heterocycles. The Morgan fingerprint density at radius 1 is 1.37 bits per heavy atom. The van der Waals surface area contributed by atoms with Crippen molar-refractivity contribution in [2.75, 3.05) is 27.7 Å². The van der Waals surface area contributed by atoms with Gasteiger partial charge < -0.3 is 19.9 Å². The zero-order valence-electron chi connectivity index (χ0n) is 18.2. The van der Waals surface area contributed by atoms with Crippen LogP contribution in [-0.4, -0.2) is 54.4 Å². The Labute approximate surface area is 182 Å². The first-order valence-electron chi connectivity index (χ1n) is 10.2. The highest BCUT2D eigenvalue weighted by Crippen LogP contribution is 2.23. The topological polar surface area (TPSA) is 70.1 Å². The second kappa shape index (κ2) is 10.5. The Bertz CT molecular complexity index is 857. The van der Waals surface area contributed by atoms with Crippen molar-refractivity contribution < 1.29 is 9.53 Å². The molecule has 162 valence electrons. The van der Waals surface area contributed by atoms with Crippen molar-refractivity contribution in [2.24, 2.45) is 4.99 Å². The van der Waals surface area contributed by atoms with Crippen molar-refractivity contribution in [1.29, 1.82) is 0 Å². The Kier molecular flexibility index (Phi) is 7.81. The van der Waals surface area contributed by atoms with Crippen molar-refractivity contribution in [1.82, 2.24) is 20.1 Å². The fourth-order valence-electron chi connectivity index (χ4n) is 3.49. The fraction of sp³-hybridized carbons (Fsp3) is 0.500. The Morgan fingerprint density at radius 2 is 2.07 bits per heavy atom. The summed E-state index contributed by atoms with van der Waals surface area (Å²) >= 11 is 1.61. The number of carbonyl (C=O) groups is 1. The molecule has 7 nitrogen and oxygen atoms in total. The lowest BCUT2D eigenvalue weighted by molar-refractivity contribution is -0.131. The van der Waals surface area contributed by atoms with Crippen LogP contribution in [0.3, 0.4) is 0 Å². The number of fused-ring (bicyclic) bond motifs is 1. The Morgan fingerprint density at radius 3 is 2.70 bits per heavy atom. The third-order valence-corrected chi connectivity index (χ3v) is 6.34. The molecule has 30 heavy (non-hydrogen) atoms. The first kappa shape index (κ1) is 22.2. The maximum atomic E-state index is 12.5. The summed E-state index contributed by atoms with van der Waals surface area (Å²) in [4.78, 5) is 25.5. The van der Waals surface area contributed by atoms with Gasteiger partial charge >= 0.3 is 0 Å². The lowest BCUT2D eigenvalue weighted by atomic mass is 10.1. The highest BCUT2D eigenvalue weighted by Gasteiger charge is 2.22. The molecule has 0 spiro atoms. The average molecular weight is 430 g/mol. The molecule has 3 rings (SSSR count). The number of hydrogen-bond donors (Lipinski definition) is 1. The number of guanidine groups is 1. The largest absolute Gasteiger partial charge is 0.375 e. The molecule has 0 aliphatic carbocycles. The minimum absolute atomic E-state index is 0.00688. The molecule has 0 radical (unpaired) electrons. The van der Waals surface area contributed by atoms with Crippen LogP contribution in [0.25, 0.3) is 0 Å². The zero-order chi connectivity index (χ0) is 21.5. The van der Waals surface area contributed by atoms with E-state index in [9.17, 15) is 4.79 Å². The number of thiazole rings is 1. The molecule has 1 unspecified atom stereocenters. The van der Waals surface area contributed by atoms with Gasteiger partial charge in [0.1, 0.15) is 11.1 Å². The normalized spacial score (nSPS) is 14.5. The molecule has 1 amide bonds. The van der Waals surface area contributed by atoms with Gasteiger partial charge in [-0.3, -0.25) is 9.79 Å². The summed E-state index contributed by atoms with van der Waals surface area (Å²) in [7, 11) is 5.45. The highest BCUT2D eigenvalue weighted by molar-refractivity contribution is 7.09. The van der Waals surface area contributed by atoms with Gasteiger partial charge in [0.05, 0.1) is 12.2 Å². The molecule has 1 aliphatic rings. The van der Waals surface area contributed by atoms with Crippen LogP contribution in [0.2, 0.25) is 0 Å². The molecule has 8 heteroatoms. The van der Waals surface area contributed by atoms with Gasteiger partial charge in [-0.15, -0.1) is 11.3 Å². The van der Waals surface area contributed by atoms with Gasteiger partial charge in [0.25, 0.3) is 0 Å². The van der Waals surface area contributed by atoms with Gasteiger partial charge in [0, 0.05) is 52.6 Å². The Balaban J connectivity index is 1.40. The molecule has 1 aliphatic heterocycles. The molecule has 1 aromatic carbocycles. The number of hydrogen-bond acceptors (Lipinski definition) is 5. The molecule has 0 bridgehead atoms. The molecule has 2 aromatic rings. The summed E-state index contributed by atoms with van der Waals surface area (Å²) in [6.45, 7) is 4.81. The maximum Gasteiger partial charge on any atom is 0.223 e. The number of amides is 1. The number of benzene rings is 1. The van der Waals surface area contributed by atoms with Crippen molar-refractivity contribution >= 4 is 23.2 Å². The zero-order valence-corrected chi connectivity index (χ0v) is 19.0. The van der Waals surface area contributed by atoms with Gasteiger partial charge in [-0.05, 0) is 24.5 Å². The first-order valence-corrected chi connectivity index (χ1v) is 11.1. The van der Waals surface area contributed by atoms with Gasteiger partial charge in [0.15, 0.2) is 5.96 Å². The van der Waals surface area contributed by atoms with Crippen molar-refractivity contribution in [3.8, 4) is 0 Å². The average Bonchev–Trinajstić information content (AvgIpc) is 3.40. The summed E-state index contributed by atoms with van der Waals surface area (Å²) < 4.78 is 5.33. The number of rotatable bonds is 8. The van der Waals surface area contributed by atoms with Crippen LogP contribution in [-0.2, 0) is 29.2 Å². The van der Waals surface area contributed by atoms with Crippen LogP contribution in [0.15, 0.2) is 34.6 Å². The first-order chi connectivity index (χ1) is 14.5. The van der Waals surface area contributed by atoms with Crippen LogP contribution in [0.5, 0.6) is 0 Å². The van der Waals surface area contributed by atoms with E-state index in [1.807, 2.05) is 35.9 Å². The number of ether oxygens (including phenoxy) is 1. The maximum absolute atomic E-state index is 12.5. The third kappa shape index (κ3) is 5.58. The minimum Gasteiger partial charge on any atom is -0.375 e. The van der Waals surface area contributed by atoms with E-state index in [4.69, 9.17) is 4.74 Å². The monoisotopic (exact) mass is 429 g/mol. The van der Waals surface area contributed by atoms with Crippen molar-refractivity contribution in [3.63, 3.8) is 0 Å². The lowest BCUT2D eigenvalue weighted by Crippen LogP contribution is -2.39. The fourth-order valence-corrected chi connectivity index (χ4v) is 4.33. The second-order valence-corrected chi connectivity index (χ2v) is 8.40. The van der Waals surface area contributed by atoms with E-state index in [-0.39, 0.29) is 12.0 Å². The minimum atomic E-state index is 0.00688. The van der Waals surface area contributed by atoms with E-state index in [0.717, 1.165) is 36.2 Å². The number of methoxy groups -OCH3 is 1. The van der Waals surface area contributed by atoms with E-state index in [2.05, 4.69) is 32.8 Å². The summed E-state index contributed by atoms with van der Waals surface area (Å²) in [6, 6.07) is 8.27. The number of carbonyl (C=O) groups excluding carboxylic acids is 1. The highest BCUT2D eigenvalue weighted by atomic mass is 32.1. The number of nitrogens with one attached hydrogen (secondary N) is 1. The van der Waals surface area contributed by atoms with E-state index >= 15 is 0 Å². The molecule has 0 fully saturated rings. The molecular formula is C22H31N5O2S. The predicted octanol–water partition coefficient (Wildman–Crippen LogP) is 3.18. The number of aromatic nitrogens is 1. The van der Waals surface area contributed by atoms with Crippen LogP contribution in [0, 0.1) is 0 Å². The molecule has 0 saturated carbocycles. The van der Waals surface area contributed by atoms with E-state index in [0.29, 0.717) is 19.5 Å². The third-order valence-electron chi connectivity index (χ3n) is 5.29. The van der Waals surface area contributed by atoms with Gasteiger partial charge in [-0.1, -0.05) is 24.3 Å². The van der Waals surface area contributed by atoms with E-state index in [1.54, 1.807) is 25.5 Å².